The summed E-state index contributed by atoms with van der Waals surface area (Å²) in [5, 5.41) is -0.428. The van der Waals surface area contributed by atoms with Gasteiger partial charge in [0, 0.05) is 6.04 Å². The van der Waals surface area contributed by atoms with Crippen LogP contribution in [0.3, 0.4) is 0 Å². The summed E-state index contributed by atoms with van der Waals surface area (Å²) in [4.78, 5) is 0. The number of nitrogens with two attached hydrogens (primary N) is 1. The minimum absolute atomic E-state index is 0.0537. The minimum atomic E-state index is -3.14. The number of ether oxygens (including phenoxy) is 1. The van der Waals surface area contributed by atoms with Gasteiger partial charge in [-0.2, -0.15) is 0 Å². The molecule has 20 heavy (non-hydrogen) atoms. The number of rotatable bonds is 7. The average molecular weight is 303 g/mol. The molecule has 0 aliphatic heterocycles. The van der Waals surface area contributed by atoms with Crippen LogP contribution in [0.5, 0.6) is 5.75 Å². The van der Waals surface area contributed by atoms with Gasteiger partial charge in [-0.3, -0.25) is 0 Å². The molecule has 0 bridgehead atoms. The summed E-state index contributed by atoms with van der Waals surface area (Å²) in [6, 6.07) is 4.04. The lowest BCUT2D eigenvalue weighted by atomic mass is 10.1. The summed E-state index contributed by atoms with van der Waals surface area (Å²) < 4.78 is 42.1. The van der Waals surface area contributed by atoms with E-state index in [0.29, 0.717) is 17.7 Å². The van der Waals surface area contributed by atoms with Crippen molar-refractivity contribution >= 4 is 9.84 Å². The van der Waals surface area contributed by atoms with Crippen LogP contribution >= 0.6 is 0 Å². The van der Waals surface area contributed by atoms with E-state index in [1.54, 1.807) is 13.8 Å². The molecule has 0 aliphatic rings. The van der Waals surface area contributed by atoms with E-state index in [9.17, 15) is 12.8 Å². The molecule has 1 aromatic rings. The van der Waals surface area contributed by atoms with Crippen molar-refractivity contribution in [1.29, 1.82) is 0 Å². The molecule has 0 aliphatic carbocycles. The highest BCUT2D eigenvalue weighted by Gasteiger charge is 2.16. The molecule has 6 heteroatoms. The summed E-state index contributed by atoms with van der Waals surface area (Å²) in [6.45, 7) is 5.14. The van der Waals surface area contributed by atoms with Gasteiger partial charge in [-0.1, -0.05) is 0 Å². The van der Waals surface area contributed by atoms with Crippen molar-refractivity contribution < 1.29 is 17.5 Å². The third-order valence-electron chi connectivity index (χ3n) is 2.91. The lowest BCUT2D eigenvalue weighted by Crippen LogP contribution is -2.23. The van der Waals surface area contributed by atoms with Gasteiger partial charge in [-0.25, -0.2) is 12.8 Å². The first-order valence-corrected chi connectivity index (χ1v) is 8.32. The van der Waals surface area contributed by atoms with E-state index in [4.69, 9.17) is 10.5 Å². The van der Waals surface area contributed by atoms with Crippen molar-refractivity contribution in [3.63, 3.8) is 0 Å². The van der Waals surface area contributed by atoms with Crippen LogP contribution in [0.1, 0.15) is 26.3 Å². The second-order valence-electron chi connectivity index (χ2n) is 5.20. The lowest BCUT2D eigenvalue weighted by Gasteiger charge is -2.14. The average Bonchev–Trinajstić information content (AvgIpc) is 2.30. The quantitative estimate of drug-likeness (QED) is 0.835. The predicted octanol–water partition coefficient (Wildman–Crippen LogP) is 1.92. The Morgan fingerprint density at radius 2 is 1.95 bits per heavy atom. The first-order valence-electron chi connectivity index (χ1n) is 6.60. The highest BCUT2D eigenvalue weighted by molar-refractivity contribution is 7.91. The Hall–Kier alpha value is -1.14. The molecule has 0 spiro atoms. The second-order valence-corrected chi connectivity index (χ2v) is 7.87. The molecule has 114 valence electrons. The molecule has 1 atom stereocenters. The molecule has 0 saturated heterocycles. The van der Waals surface area contributed by atoms with Crippen LogP contribution in [0.15, 0.2) is 18.2 Å². The van der Waals surface area contributed by atoms with Gasteiger partial charge in [-0.15, -0.1) is 0 Å². The summed E-state index contributed by atoms with van der Waals surface area (Å²) >= 11 is 0. The Balaban J connectivity index is 2.73. The van der Waals surface area contributed by atoms with Gasteiger partial charge in [0.2, 0.25) is 0 Å². The van der Waals surface area contributed by atoms with Gasteiger partial charge >= 0.3 is 0 Å². The summed E-state index contributed by atoms with van der Waals surface area (Å²) in [6.07, 6.45) is 0.476. The Kier molecular flexibility index (Phi) is 5.95. The standard InChI is InChI=1S/C14H22FNO3S/c1-10(2)20(17,18)7-6-19-14-5-4-13(15)9-12(14)8-11(3)16/h4-5,9-11H,6-8,16H2,1-3H3. The Morgan fingerprint density at radius 1 is 1.30 bits per heavy atom. The van der Waals surface area contributed by atoms with Crippen LogP contribution in [-0.4, -0.2) is 32.1 Å². The molecule has 0 saturated carbocycles. The minimum Gasteiger partial charge on any atom is -0.492 e. The fourth-order valence-corrected chi connectivity index (χ4v) is 2.49. The topological polar surface area (TPSA) is 69.4 Å². The first-order chi connectivity index (χ1) is 9.22. The van der Waals surface area contributed by atoms with Crippen LogP contribution in [0.2, 0.25) is 0 Å². The maximum absolute atomic E-state index is 13.2. The number of hydrogen-bond donors (Lipinski definition) is 1. The van der Waals surface area contributed by atoms with Crippen LogP contribution < -0.4 is 10.5 Å². The normalized spacial score (nSPS) is 13.5. The van der Waals surface area contributed by atoms with E-state index in [0.717, 1.165) is 0 Å². The van der Waals surface area contributed by atoms with E-state index < -0.39 is 15.1 Å². The molecule has 2 N–H and O–H groups in total. The Bertz CT molecular complexity index is 541. The maximum atomic E-state index is 13.2. The molecule has 1 aromatic carbocycles. The number of hydrogen-bond acceptors (Lipinski definition) is 4. The molecular formula is C14H22FNO3S. The van der Waals surface area contributed by atoms with E-state index >= 15 is 0 Å². The Labute approximate surface area is 120 Å². The van der Waals surface area contributed by atoms with Crippen molar-refractivity contribution in [3.05, 3.63) is 29.6 Å². The zero-order chi connectivity index (χ0) is 15.3. The van der Waals surface area contributed by atoms with E-state index in [1.165, 1.54) is 18.2 Å². The summed E-state index contributed by atoms with van der Waals surface area (Å²) in [5.74, 6) is 0.0742. The number of sulfone groups is 1. The fourth-order valence-electron chi connectivity index (χ4n) is 1.70. The van der Waals surface area contributed by atoms with E-state index in [2.05, 4.69) is 0 Å². The zero-order valence-corrected chi connectivity index (χ0v) is 12.9. The van der Waals surface area contributed by atoms with Crippen molar-refractivity contribution in [2.24, 2.45) is 5.73 Å². The summed E-state index contributed by atoms with van der Waals surface area (Å²) in [7, 11) is -3.14. The van der Waals surface area contributed by atoms with Crippen LogP contribution in [0, 0.1) is 5.82 Å². The maximum Gasteiger partial charge on any atom is 0.155 e. The van der Waals surface area contributed by atoms with Crippen molar-refractivity contribution in [2.75, 3.05) is 12.4 Å². The second kappa shape index (κ2) is 7.04. The number of halogens is 1. The van der Waals surface area contributed by atoms with Crippen LogP contribution in [0.4, 0.5) is 4.39 Å². The number of benzene rings is 1. The molecule has 1 rings (SSSR count). The monoisotopic (exact) mass is 303 g/mol. The van der Waals surface area contributed by atoms with Crippen LogP contribution in [0.25, 0.3) is 0 Å². The Morgan fingerprint density at radius 3 is 2.50 bits per heavy atom. The van der Waals surface area contributed by atoms with E-state index in [-0.39, 0.29) is 24.2 Å². The SMILES string of the molecule is CC(N)Cc1cc(F)ccc1OCCS(=O)(=O)C(C)C. The third kappa shape index (κ3) is 5.09. The molecule has 0 radical (unpaired) electrons. The fraction of sp³-hybridized carbons (Fsp3) is 0.571. The highest BCUT2D eigenvalue weighted by Crippen LogP contribution is 2.21. The molecule has 0 heterocycles. The molecule has 0 aromatic heterocycles. The predicted molar refractivity (Wildman–Crippen MR) is 78.2 cm³/mol. The third-order valence-corrected chi connectivity index (χ3v) is 5.08. The largest absolute Gasteiger partial charge is 0.492 e. The van der Waals surface area contributed by atoms with Gasteiger partial charge in [0.25, 0.3) is 0 Å². The van der Waals surface area contributed by atoms with Gasteiger partial charge < -0.3 is 10.5 Å². The van der Waals surface area contributed by atoms with Gasteiger partial charge in [0.05, 0.1) is 11.0 Å². The zero-order valence-electron chi connectivity index (χ0n) is 12.1. The first kappa shape index (κ1) is 16.9. The molecule has 0 fully saturated rings. The lowest BCUT2D eigenvalue weighted by molar-refractivity contribution is 0.335. The smallest absolute Gasteiger partial charge is 0.155 e. The van der Waals surface area contributed by atoms with Gasteiger partial charge in [0.15, 0.2) is 9.84 Å². The molecule has 0 amide bonds. The molecular weight excluding hydrogens is 281 g/mol. The van der Waals surface area contributed by atoms with Gasteiger partial charge in [0.1, 0.15) is 18.2 Å². The van der Waals surface area contributed by atoms with Crippen LogP contribution in [-0.2, 0) is 16.3 Å². The molecule has 1 unspecified atom stereocenters. The van der Waals surface area contributed by atoms with Gasteiger partial charge in [-0.05, 0) is 51.0 Å². The van der Waals surface area contributed by atoms with Crippen molar-refractivity contribution in [2.45, 2.75) is 38.5 Å². The highest BCUT2D eigenvalue weighted by atomic mass is 32.2. The summed E-state index contributed by atoms with van der Waals surface area (Å²) in [5.41, 5.74) is 6.36. The van der Waals surface area contributed by atoms with Crippen molar-refractivity contribution in [3.8, 4) is 5.75 Å². The van der Waals surface area contributed by atoms with E-state index in [1.807, 2.05) is 6.92 Å². The van der Waals surface area contributed by atoms with Crippen molar-refractivity contribution in [1.82, 2.24) is 0 Å². The molecule has 4 nitrogen and oxygen atoms in total.